The number of aryl methyl sites for hydroxylation is 2. The molecule has 0 atom stereocenters. The van der Waals surface area contributed by atoms with E-state index >= 15 is 0 Å². The van der Waals surface area contributed by atoms with Gasteiger partial charge in [-0.3, -0.25) is 9.80 Å². The SMILES string of the molecule is Cc1ccc(C)c(C(=O)N(C)N)c1. The van der Waals surface area contributed by atoms with Crippen molar-refractivity contribution in [3.8, 4) is 0 Å². The maximum atomic E-state index is 11.5. The van der Waals surface area contributed by atoms with Gasteiger partial charge in [0.05, 0.1) is 0 Å². The summed E-state index contributed by atoms with van der Waals surface area (Å²) in [6.45, 7) is 3.85. The first-order valence-electron chi connectivity index (χ1n) is 4.12. The maximum absolute atomic E-state index is 11.5. The van der Waals surface area contributed by atoms with Crippen LogP contribution in [0, 0.1) is 13.8 Å². The smallest absolute Gasteiger partial charge is 0.267 e. The second-order valence-electron chi connectivity index (χ2n) is 3.23. The summed E-state index contributed by atoms with van der Waals surface area (Å²) in [5.74, 6) is 5.22. The Labute approximate surface area is 78.1 Å². The molecule has 0 heterocycles. The molecule has 0 spiro atoms. The Morgan fingerprint density at radius 1 is 1.38 bits per heavy atom. The van der Waals surface area contributed by atoms with Gasteiger partial charge in [0, 0.05) is 12.6 Å². The molecule has 3 nitrogen and oxygen atoms in total. The fraction of sp³-hybridized carbons (Fsp3) is 0.300. The summed E-state index contributed by atoms with van der Waals surface area (Å²) in [5, 5.41) is 1.10. The van der Waals surface area contributed by atoms with Crippen molar-refractivity contribution in [2.45, 2.75) is 13.8 Å². The predicted molar refractivity (Wildman–Crippen MR) is 52.2 cm³/mol. The number of benzene rings is 1. The van der Waals surface area contributed by atoms with E-state index in [0.29, 0.717) is 5.56 Å². The Bertz CT molecular complexity index is 332. The highest BCUT2D eigenvalue weighted by molar-refractivity contribution is 5.95. The summed E-state index contributed by atoms with van der Waals surface area (Å²) in [7, 11) is 1.55. The lowest BCUT2D eigenvalue weighted by atomic mass is 10.1. The summed E-state index contributed by atoms with van der Waals surface area (Å²) in [5.41, 5.74) is 2.69. The molecule has 13 heavy (non-hydrogen) atoms. The van der Waals surface area contributed by atoms with E-state index in [4.69, 9.17) is 5.84 Å². The molecule has 0 aliphatic carbocycles. The van der Waals surface area contributed by atoms with Gasteiger partial charge >= 0.3 is 0 Å². The van der Waals surface area contributed by atoms with E-state index in [1.165, 1.54) is 0 Å². The van der Waals surface area contributed by atoms with Crippen molar-refractivity contribution in [2.75, 3.05) is 7.05 Å². The van der Waals surface area contributed by atoms with Crippen molar-refractivity contribution in [1.29, 1.82) is 0 Å². The van der Waals surface area contributed by atoms with E-state index in [1.807, 2.05) is 32.0 Å². The van der Waals surface area contributed by atoms with Crippen LogP contribution in [0.1, 0.15) is 21.5 Å². The molecule has 0 saturated heterocycles. The van der Waals surface area contributed by atoms with E-state index in [0.717, 1.165) is 16.1 Å². The van der Waals surface area contributed by atoms with Crippen molar-refractivity contribution in [3.05, 3.63) is 34.9 Å². The summed E-state index contributed by atoms with van der Waals surface area (Å²) in [6.07, 6.45) is 0. The highest BCUT2D eigenvalue weighted by atomic mass is 16.2. The molecule has 70 valence electrons. The zero-order valence-electron chi connectivity index (χ0n) is 8.16. The molecule has 0 saturated carbocycles. The van der Waals surface area contributed by atoms with Crippen molar-refractivity contribution >= 4 is 5.91 Å². The molecule has 1 rings (SSSR count). The minimum atomic E-state index is -0.152. The fourth-order valence-corrected chi connectivity index (χ4v) is 1.16. The molecule has 0 aromatic heterocycles. The highest BCUT2D eigenvalue weighted by Crippen LogP contribution is 2.11. The largest absolute Gasteiger partial charge is 0.280 e. The van der Waals surface area contributed by atoms with Gasteiger partial charge in [-0.2, -0.15) is 0 Å². The fourth-order valence-electron chi connectivity index (χ4n) is 1.16. The molecular weight excluding hydrogens is 164 g/mol. The van der Waals surface area contributed by atoms with Crippen LogP contribution in [0.15, 0.2) is 18.2 Å². The number of carbonyl (C=O) groups is 1. The summed E-state index contributed by atoms with van der Waals surface area (Å²) >= 11 is 0. The summed E-state index contributed by atoms with van der Waals surface area (Å²) in [6, 6.07) is 5.75. The number of nitrogens with two attached hydrogens (primary N) is 1. The zero-order chi connectivity index (χ0) is 10.0. The van der Waals surface area contributed by atoms with Crippen LogP contribution in [0.3, 0.4) is 0 Å². The van der Waals surface area contributed by atoms with Gasteiger partial charge in [0.1, 0.15) is 0 Å². The predicted octanol–water partition coefficient (Wildman–Crippen LogP) is 1.25. The average Bonchev–Trinajstić information content (AvgIpc) is 2.08. The molecule has 2 N–H and O–H groups in total. The van der Waals surface area contributed by atoms with Crippen LogP contribution in [0.5, 0.6) is 0 Å². The average molecular weight is 178 g/mol. The van der Waals surface area contributed by atoms with Crippen LogP contribution in [-0.2, 0) is 0 Å². The first kappa shape index (κ1) is 9.74. The number of hydrogen-bond donors (Lipinski definition) is 1. The van der Waals surface area contributed by atoms with Crippen LogP contribution >= 0.6 is 0 Å². The second kappa shape index (κ2) is 3.58. The topological polar surface area (TPSA) is 46.3 Å². The quantitative estimate of drug-likeness (QED) is 0.399. The van der Waals surface area contributed by atoms with Crippen LogP contribution in [-0.4, -0.2) is 18.0 Å². The lowest BCUT2D eigenvalue weighted by Crippen LogP contribution is -2.33. The molecule has 0 radical (unpaired) electrons. The van der Waals surface area contributed by atoms with Gasteiger partial charge in [0.2, 0.25) is 0 Å². The van der Waals surface area contributed by atoms with Gasteiger partial charge in [0.25, 0.3) is 5.91 Å². The van der Waals surface area contributed by atoms with Crippen LogP contribution in [0.2, 0.25) is 0 Å². The lowest BCUT2D eigenvalue weighted by Gasteiger charge is -2.12. The third-order valence-corrected chi connectivity index (χ3v) is 1.94. The number of hydrogen-bond acceptors (Lipinski definition) is 2. The van der Waals surface area contributed by atoms with Gasteiger partial charge in [0.15, 0.2) is 0 Å². The number of hydrazine groups is 1. The summed E-state index contributed by atoms with van der Waals surface area (Å²) < 4.78 is 0. The Hall–Kier alpha value is -1.35. The molecule has 0 bridgehead atoms. The molecular formula is C10H14N2O. The lowest BCUT2D eigenvalue weighted by molar-refractivity contribution is 0.0794. The first-order chi connectivity index (χ1) is 6.02. The van der Waals surface area contributed by atoms with Gasteiger partial charge in [-0.05, 0) is 25.5 Å². The first-order valence-corrected chi connectivity index (χ1v) is 4.12. The molecule has 0 fully saturated rings. The van der Waals surface area contributed by atoms with Crippen molar-refractivity contribution < 1.29 is 4.79 Å². The van der Waals surface area contributed by atoms with E-state index < -0.39 is 0 Å². The molecule has 1 aromatic carbocycles. The molecule has 3 heteroatoms. The third-order valence-electron chi connectivity index (χ3n) is 1.94. The summed E-state index contributed by atoms with van der Waals surface area (Å²) in [4.78, 5) is 11.5. The van der Waals surface area contributed by atoms with E-state index in [9.17, 15) is 4.79 Å². The zero-order valence-corrected chi connectivity index (χ0v) is 8.16. The second-order valence-corrected chi connectivity index (χ2v) is 3.23. The number of amides is 1. The van der Waals surface area contributed by atoms with E-state index in [-0.39, 0.29) is 5.91 Å². The standard InChI is InChI=1S/C10H14N2O/c1-7-4-5-8(2)9(6-7)10(13)12(3)11/h4-6H,11H2,1-3H3. The minimum absolute atomic E-state index is 0.152. The van der Waals surface area contributed by atoms with Crippen LogP contribution < -0.4 is 5.84 Å². The van der Waals surface area contributed by atoms with E-state index in [2.05, 4.69) is 0 Å². The number of carbonyl (C=O) groups excluding carboxylic acids is 1. The molecule has 1 aromatic rings. The Kier molecular flexibility index (Phi) is 2.68. The molecule has 0 unspecified atom stereocenters. The molecule has 1 amide bonds. The minimum Gasteiger partial charge on any atom is -0.280 e. The maximum Gasteiger partial charge on any atom is 0.267 e. The van der Waals surface area contributed by atoms with Crippen molar-refractivity contribution in [3.63, 3.8) is 0 Å². The van der Waals surface area contributed by atoms with Gasteiger partial charge in [-0.1, -0.05) is 17.7 Å². The molecule has 0 aliphatic heterocycles. The highest BCUT2D eigenvalue weighted by Gasteiger charge is 2.10. The number of nitrogens with zero attached hydrogens (tertiary/aromatic N) is 1. The Morgan fingerprint density at radius 2 is 2.00 bits per heavy atom. The van der Waals surface area contributed by atoms with Crippen LogP contribution in [0.4, 0.5) is 0 Å². The third kappa shape index (κ3) is 2.06. The van der Waals surface area contributed by atoms with E-state index in [1.54, 1.807) is 7.05 Å². The van der Waals surface area contributed by atoms with Gasteiger partial charge in [-0.15, -0.1) is 0 Å². The van der Waals surface area contributed by atoms with Crippen LogP contribution in [0.25, 0.3) is 0 Å². The van der Waals surface area contributed by atoms with Crippen molar-refractivity contribution in [2.24, 2.45) is 5.84 Å². The Balaban J connectivity index is 3.13. The monoisotopic (exact) mass is 178 g/mol. The Morgan fingerprint density at radius 3 is 2.54 bits per heavy atom. The van der Waals surface area contributed by atoms with Gasteiger partial charge in [-0.25, -0.2) is 5.84 Å². The van der Waals surface area contributed by atoms with Gasteiger partial charge < -0.3 is 0 Å². The molecule has 0 aliphatic rings. The van der Waals surface area contributed by atoms with Crippen molar-refractivity contribution in [1.82, 2.24) is 5.01 Å². The normalized spacial score (nSPS) is 9.85. The number of rotatable bonds is 1.